The first kappa shape index (κ1) is 14.6. The molecule has 1 saturated carbocycles. The number of rotatable bonds is 3. The van der Waals surface area contributed by atoms with Gasteiger partial charge in [0.1, 0.15) is 0 Å². The second kappa shape index (κ2) is 5.47. The third kappa shape index (κ3) is 2.39. The molecular weight excluding hydrogens is 258 g/mol. The second-order valence-corrected chi connectivity index (χ2v) is 7.21. The van der Waals surface area contributed by atoms with Crippen LogP contribution in [0.25, 0.3) is 0 Å². The maximum Gasteiger partial charge on any atom is 0.237 e. The molecule has 2 nitrogen and oxygen atoms in total. The van der Waals surface area contributed by atoms with Crippen molar-refractivity contribution < 1.29 is 4.79 Å². The van der Waals surface area contributed by atoms with E-state index in [1.54, 1.807) is 0 Å². The number of amides is 1. The monoisotopic (exact) mass is 285 g/mol. The van der Waals surface area contributed by atoms with E-state index in [4.69, 9.17) is 0 Å². The minimum atomic E-state index is -0.364. The average Bonchev–Trinajstić information content (AvgIpc) is 2.69. The van der Waals surface area contributed by atoms with E-state index < -0.39 is 0 Å². The highest BCUT2D eigenvalue weighted by Crippen LogP contribution is 2.44. The Morgan fingerprint density at radius 3 is 2.57 bits per heavy atom. The molecule has 1 amide bonds. The highest BCUT2D eigenvalue weighted by atomic mass is 16.2. The van der Waals surface area contributed by atoms with E-state index in [1.807, 2.05) is 0 Å². The molecule has 0 bridgehead atoms. The predicted octanol–water partition coefficient (Wildman–Crippen LogP) is 4.45. The number of fused-ring (bicyclic) bond motifs is 1. The van der Waals surface area contributed by atoms with E-state index in [-0.39, 0.29) is 5.41 Å². The molecular formula is C19H27NO. The first-order valence-corrected chi connectivity index (χ1v) is 8.50. The third-order valence-corrected chi connectivity index (χ3v) is 5.37. The Morgan fingerprint density at radius 1 is 1.19 bits per heavy atom. The summed E-state index contributed by atoms with van der Waals surface area (Å²) in [6.07, 6.45) is 7.60. The van der Waals surface area contributed by atoms with Gasteiger partial charge in [-0.05, 0) is 56.2 Å². The fourth-order valence-corrected chi connectivity index (χ4v) is 4.19. The normalized spacial score (nSPS) is 21.7. The van der Waals surface area contributed by atoms with Crippen molar-refractivity contribution >= 4 is 11.6 Å². The number of carbonyl (C=O) groups excluding carboxylic acids is 1. The fraction of sp³-hybridized carbons (Fsp3) is 0.632. The zero-order valence-corrected chi connectivity index (χ0v) is 13.6. The van der Waals surface area contributed by atoms with Crippen molar-refractivity contribution in [1.82, 2.24) is 0 Å². The topological polar surface area (TPSA) is 20.3 Å². The summed E-state index contributed by atoms with van der Waals surface area (Å²) < 4.78 is 0. The van der Waals surface area contributed by atoms with Crippen LogP contribution in [-0.4, -0.2) is 12.5 Å². The lowest BCUT2D eigenvalue weighted by molar-refractivity contribution is -0.122. The van der Waals surface area contributed by atoms with Crippen molar-refractivity contribution in [3.8, 4) is 0 Å². The van der Waals surface area contributed by atoms with Gasteiger partial charge in [0.05, 0.1) is 5.41 Å². The molecule has 0 unspecified atom stereocenters. The lowest BCUT2D eigenvalue weighted by atomic mass is 9.82. The van der Waals surface area contributed by atoms with Crippen LogP contribution >= 0.6 is 0 Å². The van der Waals surface area contributed by atoms with E-state index in [9.17, 15) is 4.79 Å². The molecule has 1 aliphatic heterocycles. The Balaban J connectivity index is 1.95. The Labute approximate surface area is 128 Å². The van der Waals surface area contributed by atoms with Gasteiger partial charge in [-0.15, -0.1) is 0 Å². The highest BCUT2D eigenvalue weighted by Gasteiger charge is 2.45. The van der Waals surface area contributed by atoms with Crippen LogP contribution in [0.4, 0.5) is 5.69 Å². The number of benzene rings is 1. The van der Waals surface area contributed by atoms with Crippen LogP contribution in [0.3, 0.4) is 0 Å². The SMILES string of the molecule is CCc1cccc2c1C(C)(C)C(=O)N2CC1CCCCC1. The van der Waals surface area contributed by atoms with E-state index in [0.29, 0.717) is 11.8 Å². The second-order valence-electron chi connectivity index (χ2n) is 7.21. The van der Waals surface area contributed by atoms with Gasteiger partial charge in [0, 0.05) is 12.2 Å². The van der Waals surface area contributed by atoms with E-state index in [1.165, 1.54) is 48.9 Å². The number of anilines is 1. The Hall–Kier alpha value is -1.31. The molecule has 2 heteroatoms. The van der Waals surface area contributed by atoms with Gasteiger partial charge in [-0.25, -0.2) is 0 Å². The number of nitrogens with zero attached hydrogens (tertiary/aromatic N) is 1. The van der Waals surface area contributed by atoms with Crippen molar-refractivity contribution in [2.45, 2.75) is 64.7 Å². The maximum absolute atomic E-state index is 13.0. The summed E-state index contributed by atoms with van der Waals surface area (Å²) in [5.41, 5.74) is 3.41. The van der Waals surface area contributed by atoms with E-state index >= 15 is 0 Å². The molecule has 21 heavy (non-hydrogen) atoms. The molecule has 0 spiro atoms. The minimum absolute atomic E-state index is 0.295. The van der Waals surface area contributed by atoms with Crippen molar-refractivity contribution in [2.24, 2.45) is 5.92 Å². The van der Waals surface area contributed by atoms with Crippen LogP contribution in [0.2, 0.25) is 0 Å². The molecule has 1 aromatic rings. The Morgan fingerprint density at radius 2 is 1.90 bits per heavy atom. The average molecular weight is 285 g/mol. The summed E-state index contributed by atoms with van der Waals surface area (Å²) in [6.45, 7) is 7.28. The van der Waals surface area contributed by atoms with Crippen molar-refractivity contribution in [3.63, 3.8) is 0 Å². The smallest absolute Gasteiger partial charge is 0.237 e. The van der Waals surface area contributed by atoms with Crippen molar-refractivity contribution in [2.75, 3.05) is 11.4 Å². The molecule has 0 saturated heterocycles. The standard InChI is InChI=1S/C19H27NO/c1-4-15-11-8-12-16-17(15)19(2,3)18(21)20(16)13-14-9-6-5-7-10-14/h8,11-12,14H,4-7,9-10,13H2,1-3H3. The number of carbonyl (C=O) groups is 1. The van der Waals surface area contributed by atoms with Crippen LogP contribution in [0.5, 0.6) is 0 Å². The zero-order valence-electron chi connectivity index (χ0n) is 13.6. The molecule has 0 N–H and O–H groups in total. The summed E-state index contributed by atoms with van der Waals surface area (Å²) in [6, 6.07) is 6.43. The largest absolute Gasteiger partial charge is 0.311 e. The van der Waals surface area contributed by atoms with Gasteiger partial charge in [0.15, 0.2) is 0 Å². The first-order valence-electron chi connectivity index (χ1n) is 8.50. The van der Waals surface area contributed by atoms with Crippen LogP contribution in [0, 0.1) is 5.92 Å². The summed E-state index contributed by atoms with van der Waals surface area (Å²) >= 11 is 0. The molecule has 2 aliphatic rings. The van der Waals surface area contributed by atoms with Gasteiger partial charge in [0.2, 0.25) is 5.91 Å². The molecule has 3 rings (SSSR count). The van der Waals surface area contributed by atoms with Gasteiger partial charge in [-0.1, -0.05) is 38.3 Å². The number of hydrogen-bond donors (Lipinski definition) is 0. The molecule has 1 aliphatic carbocycles. The van der Waals surface area contributed by atoms with Crippen LogP contribution in [0.15, 0.2) is 18.2 Å². The highest BCUT2D eigenvalue weighted by molar-refractivity contribution is 6.08. The molecule has 1 heterocycles. The van der Waals surface area contributed by atoms with E-state index in [0.717, 1.165) is 13.0 Å². The molecule has 1 aromatic carbocycles. The van der Waals surface area contributed by atoms with Crippen LogP contribution < -0.4 is 4.90 Å². The summed E-state index contributed by atoms with van der Waals surface area (Å²) in [4.78, 5) is 15.0. The van der Waals surface area contributed by atoms with Crippen molar-refractivity contribution in [3.05, 3.63) is 29.3 Å². The Kier molecular flexibility index (Phi) is 3.81. The molecule has 1 fully saturated rings. The summed E-state index contributed by atoms with van der Waals surface area (Å²) in [5.74, 6) is 0.985. The van der Waals surface area contributed by atoms with Crippen molar-refractivity contribution in [1.29, 1.82) is 0 Å². The Bertz CT molecular complexity index is 540. The van der Waals surface area contributed by atoms with Crippen LogP contribution in [-0.2, 0) is 16.6 Å². The van der Waals surface area contributed by atoms with E-state index in [2.05, 4.69) is 43.9 Å². The quantitative estimate of drug-likeness (QED) is 0.803. The van der Waals surface area contributed by atoms with Crippen LogP contribution in [0.1, 0.15) is 64.0 Å². The number of hydrogen-bond acceptors (Lipinski definition) is 1. The van der Waals surface area contributed by atoms with Gasteiger partial charge in [0.25, 0.3) is 0 Å². The third-order valence-electron chi connectivity index (χ3n) is 5.37. The minimum Gasteiger partial charge on any atom is -0.311 e. The molecule has 0 aromatic heterocycles. The van der Waals surface area contributed by atoms with Gasteiger partial charge in [-0.3, -0.25) is 4.79 Å². The molecule has 114 valence electrons. The predicted molar refractivity (Wildman–Crippen MR) is 87.8 cm³/mol. The lowest BCUT2D eigenvalue weighted by Gasteiger charge is -2.28. The number of aryl methyl sites for hydroxylation is 1. The lowest BCUT2D eigenvalue weighted by Crippen LogP contribution is -2.39. The summed E-state index contributed by atoms with van der Waals surface area (Å²) in [5, 5.41) is 0. The maximum atomic E-state index is 13.0. The van der Waals surface area contributed by atoms with Gasteiger partial charge in [-0.2, -0.15) is 0 Å². The molecule has 0 atom stereocenters. The summed E-state index contributed by atoms with van der Waals surface area (Å²) in [7, 11) is 0. The first-order chi connectivity index (χ1) is 10.1. The molecule has 0 radical (unpaired) electrons. The zero-order chi connectivity index (χ0) is 15.0. The van der Waals surface area contributed by atoms with Gasteiger partial charge >= 0.3 is 0 Å². The van der Waals surface area contributed by atoms with Gasteiger partial charge < -0.3 is 4.90 Å². The fourth-order valence-electron chi connectivity index (χ4n) is 4.19.